The number of aromatic nitrogens is 5. The monoisotopic (exact) mass is 541 g/mol. The minimum Gasteiger partial charge on any atom is -0.480 e. The molecule has 11 nitrogen and oxygen atoms in total. The molecule has 0 fully saturated rings. The summed E-state index contributed by atoms with van der Waals surface area (Å²) in [5.74, 6) is 0.850. The number of hydrogen-bond acceptors (Lipinski definition) is 10. The first-order chi connectivity index (χ1) is 18.8. The van der Waals surface area contributed by atoms with Gasteiger partial charge in [0.1, 0.15) is 28.1 Å². The number of benzene rings is 1. The highest BCUT2D eigenvalue weighted by Crippen LogP contribution is 2.36. The molecule has 1 atom stereocenters. The van der Waals surface area contributed by atoms with Crippen molar-refractivity contribution in [2.24, 2.45) is 0 Å². The van der Waals surface area contributed by atoms with Crippen LogP contribution in [0.2, 0.25) is 0 Å². The van der Waals surface area contributed by atoms with Crippen LogP contribution in [0.3, 0.4) is 0 Å². The van der Waals surface area contributed by atoms with Crippen molar-refractivity contribution >= 4 is 50.2 Å². The molecule has 1 amide bonds. The molecule has 0 saturated heterocycles. The molecule has 4 heterocycles. The minimum atomic E-state index is -0.673. The van der Waals surface area contributed by atoms with Crippen LogP contribution in [-0.2, 0) is 4.74 Å². The van der Waals surface area contributed by atoms with Crippen LogP contribution in [0.4, 0.5) is 16.2 Å². The first-order valence-electron chi connectivity index (χ1n) is 11.9. The molecule has 5 aromatic rings. The summed E-state index contributed by atoms with van der Waals surface area (Å²) in [4.78, 5) is 38.7. The molecule has 4 aromatic heterocycles. The van der Waals surface area contributed by atoms with Crippen molar-refractivity contribution in [2.45, 2.75) is 26.9 Å². The normalized spacial score (nSPS) is 11.7. The van der Waals surface area contributed by atoms with Gasteiger partial charge in [-0.05, 0) is 50.1 Å². The lowest BCUT2D eigenvalue weighted by Gasteiger charge is -2.14. The van der Waals surface area contributed by atoms with E-state index in [9.17, 15) is 4.79 Å². The average Bonchev–Trinajstić information content (AvgIpc) is 3.36. The summed E-state index contributed by atoms with van der Waals surface area (Å²) in [6.45, 7) is 12.8. The number of fused-ring (bicyclic) bond motifs is 2. The third-order valence-electron chi connectivity index (χ3n) is 5.62. The Morgan fingerprint density at radius 3 is 2.72 bits per heavy atom. The van der Waals surface area contributed by atoms with E-state index in [0.29, 0.717) is 23.1 Å². The molecule has 0 aliphatic heterocycles. The number of nitrogens with one attached hydrogen (secondary N) is 1. The van der Waals surface area contributed by atoms with E-state index in [2.05, 4.69) is 30.1 Å². The van der Waals surface area contributed by atoms with Gasteiger partial charge in [-0.2, -0.15) is 0 Å². The van der Waals surface area contributed by atoms with Crippen LogP contribution in [0.5, 0.6) is 11.8 Å². The van der Waals surface area contributed by atoms with E-state index < -0.39 is 12.2 Å². The molecule has 1 aromatic carbocycles. The zero-order valence-corrected chi connectivity index (χ0v) is 22.4. The number of ether oxygens (including phenoxy) is 3. The number of carbonyl (C=O) groups is 1. The average molecular weight is 542 g/mol. The third-order valence-corrected chi connectivity index (χ3v) is 6.60. The van der Waals surface area contributed by atoms with Crippen LogP contribution >= 0.6 is 11.3 Å². The van der Waals surface area contributed by atoms with Crippen LogP contribution in [0.15, 0.2) is 42.9 Å². The lowest BCUT2D eigenvalue weighted by molar-refractivity contribution is 0.0842. The van der Waals surface area contributed by atoms with Crippen molar-refractivity contribution in [1.82, 2.24) is 24.9 Å². The first kappa shape index (κ1) is 25.7. The maximum Gasteiger partial charge on any atom is 0.412 e. The fourth-order valence-corrected chi connectivity index (χ4v) is 4.88. The Labute approximate surface area is 227 Å². The highest BCUT2D eigenvalue weighted by Gasteiger charge is 2.17. The van der Waals surface area contributed by atoms with Crippen LogP contribution in [-0.4, -0.2) is 50.8 Å². The zero-order valence-electron chi connectivity index (χ0n) is 21.6. The first-order valence-corrected chi connectivity index (χ1v) is 12.7. The van der Waals surface area contributed by atoms with Gasteiger partial charge in [-0.15, -0.1) is 0 Å². The Bertz CT molecular complexity index is 1750. The lowest BCUT2D eigenvalue weighted by atomic mass is 10.1. The largest absolute Gasteiger partial charge is 0.480 e. The summed E-state index contributed by atoms with van der Waals surface area (Å²) in [6, 6.07) is 7.31. The summed E-state index contributed by atoms with van der Waals surface area (Å²) in [6.07, 6.45) is 3.20. The van der Waals surface area contributed by atoms with Gasteiger partial charge in [0.15, 0.2) is 0 Å². The summed E-state index contributed by atoms with van der Waals surface area (Å²) in [7, 11) is 1.56. The molecule has 196 valence electrons. The highest BCUT2D eigenvalue weighted by atomic mass is 32.1. The Kier molecular flexibility index (Phi) is 7.16. The number of nitrogens with zero attached hydrogens (tertiary/aromatic N) is 6. The number of pyridine rings is 2. The van der Waals surface area contributed by atoms with Gasteiger partial charge in [0.05, 0.1) is 36.6 Å². The summed E-state index contributed by atoms with van der Waals surface area (Å²) in [5.41, 5.74) is 5.73. The summed E-state index contributed by atoms with van der Waals surface area (Å²) >= 11 is 1.44. The molecule has 0 bridgehead atoms. The van der Waals surface area contributed by atoms with Gasteiger partial charge in [-0.1, -0.05) is 11.3 Å². The number of methoxy groups -OCH3 is 1. The topological polar surface area (TPSA) is 126 Å². The molecule has 0 aliphatic rings. The number of thiazole rings is 1. The maximum absolute atomic E-state index is 12.2. The predicted molar refractivity (Wildman–Crippen MR) is 148 cm³/mol. The quantitative estimate of drug-likeness (QED) is 0.251. The molecule has 12 heteroatoms. The number of hydrogen-bond donors (Lipinski definition) is 1. The van der Waals surface area contributed by atoms with Crippen LogP contribution in [0.25, 0.3) is 36.8 Å². The molecule has 5 rings (SSSR count). The van der Waals surface area contributed by atoms with E-state index in [1.54, 1.807) is 26.3 Å². The molecule has 1 N–H and O–H groups in total. The van der Waals surface area contributed by atoms with Gasteiger partial charge >= 0.3 is 6.09 Å². The number of rotatable bonds is 7. The van der Waals surface area contributed by atoms with Crippen LogP contribution in [0, 0.1) is 20.4 Å². The second-order valence-corrected chi connectivity index (χ2v) is 9.72. The van der Waals surface area contributed by atoms with Gasteiger partial charge in [-0.3, -0.25) is 10.3 Å². The van der Waals surface area contributed by atoms with Crippen molar-refractivity contribution in [1.29, 1.82) is 0 Å². The van der Waals surface area contributed by atoms with Gasteiger partial charge in [0.2, 0.25) is 17.4 Å². The minimum absolute atomic E-state index is 0.0946. The van der Waals surface area contributed by atoms with Crippen molar-refractivity contribution in [3.8, 4) is 22.3 Å². The molecule has 0 spiro atoms. The Hall–Kier alpha value is -4.89. The third kappa shape index (κ3) is 5.68. The lowest BCUT2D eigenvalue weighted by Crippen LogP contribution is -2.25. The number of carbonyl (C=O) groups excluding carboxylic acids is 1. The summed E-state index contributed by atoms with van der Waals surface area (Å²) in [5, 5.41) is 3.33. The van der Waals surface area contributed by atoms with Crippen LogP contribution in [0.1, 0.15) is 18.1 Å². The van der Waals surface area contributed by atoms with Crippen LogP contribution < -0.4 is 14.8 Å². The van der Waals surface area contributed by atoms with Gasteiger partial charge in [-0.25, -0.2) is 29.6 Å². The number of anilines is 1. The summed E-state index contributed by atoms with van der Waals surface area (Å²) < 4.78 is 16.4. The Morgan fingerprint density at radius 1 is 1.08 bits per heavy atom. The molecule has 0 unspecified atom stereocenters. The molecule has 39 heavy (non-hydrogen) atoms. The second-order valence-electron chi connectivity index (χ2n) is 8.74. The Morgan fingerprint density at radius 2 is 1.92 bits per heavy atom. The molecular formula is C27H23N7O4S. The highest BCUT2D eigenvalue weighted by molar-refractivity contribution is 7.21. The van der Waals surface area contributed by atoms with Gasteiger partial charge < -0.3 is 14.2 Å². The van der Waals surface area contributed by atoms with Crippen molar-refractivity contribution in [3.63, 3.8) is 0 Å². The fraction of sp³-hybridized carbons (Fsp3) is 0.222. The predicted octanol–water partition coefficient (Wildman–Crippen LogP) is 5.89. The standard InChI is InChI=1S/C27H23N7O4S/c1-14-6-19(24-20(7-14)32-22(36-5)12-30-24)25-34-23-15(2)8-21(33-26(23)39-25)37-13-16(3)38-27(35)31-18-9-17(28-4)10-29-11-18/h6-12,16H,13H2,1-3,5H3,(H,31,35)/t16-/m1/s1. The zero-order chi connectivity index (χ0) is 27.5. The second kappa shape index (κ2) is 10.8. The maximum atomic E-state index is 12.2. The van der Waals surface area contributed by atoms with E-state index in [1.165, 1.54) is 29.8 Å². The molecule has 0 saturated carbocycles. The number of amides is 1. The van der Waals surface area contributed by atoms with E-state index in [0.717, 1.165) is 43.1 Å². The van der Waals surface area contributed by atoms with E-state index >= 15 is 0 Å². The molecular weight excluding hydrogens is 518 g/mol. The Balaban J connectivity index is 1.31. The van der Waals surface area contributed by atoms with Crippen molar-refractivity contribution in [2.75, 3.05) is 19.0 Å². The van der Waals surface area contributed by atoms with Crippen molar-refractivity contribution in [3.05, 3.63) is 65.4 Å². The van der Waals surface area contributed by atoms with E-state index in [-0.39, 0.29) is 6.61 Å². The SMILES string of the molecule is [C-]#[N+]c1cncc(NC(=O)O[C@H](C)COc2cc(C)c3nc(-c4cc(C)cc5nc(OC)cnc45)sc3n2)c1. The van der Waals surface area contributed by atoms with Gasteiger partial charge in [0, 0.05) is 24.0 Å². The van der Waals surface area contributed by atoms with Crippen molar-refractivity contribution < 1.29 is 19.0 Å². The van der Waals surface area contributed by atoms with Gasteiger partial charge in [0.25, 0.3) is 0 Å². The number of aryl methyl sites for hydroxylation is 2. The van der Waals surface area contributed by atoms with E-state index in [1.807, 2.05) is 26.0 Å². The molecule has 0 aliphatic carbocycles. The van der Waals surface area contributed by atoms with E-state index in [4.69, 9.17) is 25.8 Å². The fourth-order valence-electron chi connectivity index (χ4n) is 3.85. The molecule has 0 radical (unpaired) electrons. The smallest absolute Gasteiger partial charge is 0.412 e.